The first-order valence-electron chi connectivity index (χ1n) is 6.89. The molecule has 2 N–H and O–H groups in total. The van der Waals surface area contributed by atoms with Gasteiger partial charge in [-0.05, 0) is 43.0 Å². The minimum absolute atomic E-state index is 0.291. The van der Waals surface area contributed by atoms with Crippen LogP contribution >= 0.6 is 0 Å². The second-order valence-corrected chi connectivity index (χ2v) is 7.14. The van der Waals surface area contributed by atoms with Gasteiger partial charge >= 0.3 is 0 Å². The zero-order valence-corrected chi connectivity index (χ0v) is 12.8. The molecule has 1 aromatic carbocycles. The van der Waals surface area contributed by atoms with E-state index in [-0.39, 0.29) is 0 Å². The van der Waals surface area contributed by atoms with Gasteiger partial charge in [0.15, 0.2) is 0 Å². The van der Waals surface area contributed by atoms with Gasteiger partial charge in [0.1, 0.15) is 0 Å². The van der Waals surface area contributed by atoms with Crippen molar-refractivity contribution in [1.29, 1.82) is 0 Å². The number of benzene rings is 1. The van der Waals surface area contributed by atoms with Crippen LogP contribution in [0.15, 0.2) is 23.1 Å². The van der Waals surface area contributed by atoms with Crippen LogP contribution in [0.5, 0.6) is 0 Å². The molecule has 2 rings (SSSR count). The maximum atomic E-state index is 12.7. The predicted molar refractivity (Wildman–Crippen MR) is 79.0 cm³/mol. The number of hydrogen-bond acceptors (Lipinski definition) is 4. The number of aryl methyl sites for hydroxylation is 1. The van der Waals surface area contributed by atoms with Gasteiger partial charge in [-0.2, -0.15) is 4.31 Å². The van der Waals surface area contributed by atoms with Gasteiger partial charge in [-0.1, -0.05) is 6.92 Å². The minimum Gasteiger partial charge on any atom is -0.399 e. The van der Waals surface area contributed by atoms with Crippen LogP contribution in [0.3, 0.4) is 0 Å². The van der Waals surface area contributed by atoms with Crippen molar-refractivity contribution in [3.63, 3.8) is 0 Å². The quantitative estimate of drug-likeness (QED) is 0.839. The Morgan fingerprint density at radius 2 is 2.20 bits per heavy atom. The summed E-state index contributed by atoms with van der Waals surface area (Å²) in [6.45, 7) is 6.02. The van der Waals surface area contributed by atoms with Gasteiger partial charge in [0.05, 0.1) is 11.5 Å². The standard InChI is InChI=1S/C14H22N2O3S/c1-3-16(9-12-6-7-19-10-12)20(17,18)13-4-5-14(15)11(2)8-13/h4-5,8,12H,3,6-7,9-10,15H2,1-2H3. The fourth-order valence-corrected chi connectivity index (χ4v) is 3.98. The van der Waals surface area contributed by atoms with Gasteiger partial charge in [-0.25, -0.2) is 8.42 Å². The lowest BCUT2D eigenvalue weighted by Crippen LogP contribution is -2.35. The van der Waals surface area contributed by atoms with E-state index >= 15 is 0 Å². The lowest BCUT2D eigenvalue weighted by molar-refractivity contribution is 0.181. The number of hydrogen-bond donors (Lipinski definition) is 1. The van der Waals surface area contributed by atoms with Crippen molar-refractivity contribution in [3.8, 4) is 0 Å². The van der Waals surface area contributed by atoms with E-state index in [1.165, 1.54) is 4.31 Å². The summed E-state index contributed by atoms with van der Waals surface area (Å²) >= 11 is 0. The average Bonchev–Trinajstić information content (AvgIpc) is 2.91. The van der Waals surface area contributed by atoms with E-state index in [4.69, 9.17) is 10.5 Å². The Balaban J connectivity index is 2.23. The fourth-order valence-electron chi connectivity index (χ4n) is 2.37. The first-order chi connectivity index (χ1) is 9.45. The van der Waals surface area contributed by atoms with E-state index in [0.29, 0.717) is 36.2 Å². The Kier molecular flexibility index (Phi) is 4.67. The Hall–Kier alpha value is -1.11. The average molecular weight is 298 g/mol. The summed E-state index contributed by atoms with van der Waals surface area (Å²) < 4.78 is 32.2. The Bertz CT molecular complexity index is 566. The summed E-state index contributed by atoms with van der Waals surface area (Å²) in [6, 6.07) is 4.86. The molecule has 0 radical (unpaired) electrons. The van der Waals surface area contributed by atoms with Crippen LogP contribution in [0.25, 0.3) is 0 Å². The van der Waals surface area contributed by atoms with E-state index < -0.39 is 10.0 Å². The van der Waals surface area contributed by atoms with Gasteiger partial charge in [-0.3, -0.25) is 0 Å². The molecule has 1 saturated heterocycles. The maximum absolute atomic E-state index is 12.7. The highest BCUT2D eigenvalue weighted by atomic mass is 32.2. The van der Waals surface area contributed by atoms with Crippen LogP contribution in [0, 0.1) is 12.8 Å². The van der Waals surface area contributed by atoms with Crippen molar-refractivity contribution in [2.75, 3.05) is 32.0 Å². The molecule has 0 aromatic heterocycles. The third-order valence-corrected chi connectivity index (χ3v) is 5.65. The van der Waals surface area contributed by atoms with E-state index in [9.17, 15) is 8.42 Å². The number of nitrogens with two attached hydrogens (primary N) is 1. The molecule has 1 aromatic rings. The van der Waals surface area contributed by atoms with Gasteiger partial charge in [0.2, 0.25) is 10.0 Å². The van der Waals surface area contributed by atoms with E-state index in [2.05, 4.69) is 0 Å². The molecule has 1 unspecified atom stereocenters. The number of nitrogens with zero attached hydrogens (tertiary/aromatic N) is 1. The second-order valence-electron chi connectivity index (χ2n) is 5.20. The summed E-state index contributed by atoms with van der Waals surface area (Å²) in [7, 11) is -3.46. The van der Waals surface area contributed by atoms with Crippen molar-refractivity contribution in [1.82, 2.24) is 4.31 Å². The molecule has 1 aliphatic heterocycles. The molecule has 112 valence electrons. The summed E-state index contributed by atoms with van der Waals surface area (Å²) in [5.74, 6) is 0.291. The zero-order valence-electron chi connectivity index (χ0n) is 12.0. The lowest BCUT2D eigenvalue weighted by atomic mass is 10.1. The van der Waals surface area contributed by atoms with Gasteiger partial charge in [0, 0.05) is 25.4 Å². The van der Waals surface area contributed by atoms with Crippen molar-refractivity contribution < 1.29 is 13.2 Å². The molecule has 1 atom stereocenters. The molecule has 0 saturated carbocycles. The molecule has 1 heterocycles. The Morgan fingerprint density at radius 1 is 1.45 bits per heavy atom. The number of anilines is 1. The van der Waals surface area contributed by atoms with Crippen molar-refractivity contribution in [2.45, 2.75) is 25.2 Å². The summed E-state index contributed by atoms with van der Waals surface area (Å²) in [5, 5.41) is 0. The molecule has 0 aliphatic carbocycles. The highest BCUT2D eigenvalue weighted by Gasteiger charge is 2.27. The van der Waals surface area contributed by atoms with Gasteiger partial charge in [-0.15, -0.1) is 0 Å². The van der Waals surface area contributed by atoms with Crippen LogP contribution in [-0.4, -0.2) is 39.0 Å². The smallest absolute Gasteiger partial charge is 0.243 e. The molecule has 1 aliphatic rings. The normalized spacial score (nSPS) is 19.6. The number of rotatable bonds is 5. The lowest BCUT2D eigenvalue weighted by Gasteiger charge is -2.23. The molecular weight excluding hydrogens is 276 g/mol. The topological polar surface area (TPSA) is 72.6 Å². The highest BCUT2D eigenvalue weighted by Crippen LogP contribution is 2.23. The maximum Gasteiger partial charge on any atom is 0.243 e. The third kappa shape index (κ3) is 3.13. The van der Waals surface area contributed by atoms with Gasteiger partial charge in [0.25, 0.3) is 0 Å². The van der Waals surface area contributed by atoms with Gasteiger partial charge < -0.3 is 10.5 Å². The van der Waals surface area contributed by atoms with Crippen LogP contribution in [0.1, 0.15) is 18.9 Å². The van der Waals surface area contributed by atoms with Crippen LogP contribution in [0.4, 0.5) is 5.69 Å². The largest absolute Gasteiger partial charge is 0.399 e. The predicted octanol–water partition coefficient (Wildman–Crippen LogP) is 1.62. The molecular formula is C14H22N2O3S. The van der Waals surface area contributed by atoms with Crippen molar-refractivity contribution in [2.24, 2.45) is 5.92 Å². The monoisotopic (exact) mass is 298 g/mol. The molecule has 0 spiro atoms. The molecule has 20 heavy (non-hydrogen) atoms. The van der Waals surface area contributed by atoms with Crippen LogP contribution < -0.4 is 5.73 Å². The number of nitrogen functional groups attached to an aromatic ring is 1. The third-order valence-electron chi connectivity index (χ3n) is 3.72. The van der Waals surface area contributed by atoms with E-state index in [1.54, 1.807) is 18.2 Å². The van der Waals surface area contributed by atoms with Crippen molar-refractivity contribution >= 4 is 15.7 Å². The fraction of sp³-hybridized carbons (Fsp3) is 0.571. The SMILES string of the molecule is CCN(CC1CCOC1)S(=O)(=O)c1ccc(N)c(C)c1. The molecule has 0 amide bonds. The zero-order chi connectivity index (χ0) is 14.8. The highest BCUT2D eigenvalue weighted by molar-refractivity contribution is 7.89. The van der Waals surface area contributed by atoms with Crippen LogP contribution in [-0.2, 0) is 14.8 Å². The molecule has 0 bridgehead atoms. The summed E-state index contributed by atoms with van der Waals surface area (Å²) in [5.41, 5.74) is 7.14. The number of sulfonamides is 1. The molecule has 1 fully saturated rings. The Morgan fingerprint density at radius 3 is 2.75 bits per heavy atom. The molecule has 6 heteroatoms. The Labute approximate surface area is 120 Å². The first kappa shape index (κ1) is 15.3. The first-order valence-corrected chi connectivity index (χ1v) is 8.33. The molecule has 5 nitrogen and oxygen atoms in total. The van der Waals surface area contributed by atoms with E-state index in [1.807, 2.05) is 13.8 Å². The summed E-state index contributed by atoms with van der Waals surface area (Å²) in [6.07, 6.45) is 0.923. The van der Waals surface area contributed by atoms with Crippen LogP contribution in [0.2, 0.25) is 0 Å². The van der Waals surface area contributed by atoms with Crippen molar-refractivity contribution in [3.05, 3.63) is 23.8 Å². The summed E-state index contributed by atoms with van der Waals surface area (Å²) in [4.78, 5) is 0.310. The minimum atomic E-state index is -3.46. The number of ether oxygens (including phenoxy) is 1. The second kappa shape index (κ2) is 6.11. The van der Waals surface area contributed by atoms with E-state index in [0.717, 1.165) is 18.6 Å².